The third kappa shape index (κ3) is 2.64. The van der Waals surface area contributed by atoms with E-state index in [1.807, 2.05) is 0 Å². The molecule has 2 aromatic rings. The van der Waals surface area contributed by atoms with Crippen molar-refractivity contribution in [2.24, 2.45) is 0 Å². The lowest BCUT2D eigenvalue weighted by Gasteiger charge is -2.15. The van der Waals surface area contributed by atoms with Gasteiger partial charge in [0, 0.05) is 5.92 Å². The first-order valence-electron chi connectivity index (χ1n) is 7.54. The topological polar surface area (TPSA) is 3.24 Å². The molecular formula is C19H23N. The summed E-state index contributed by atoms with van der Waals surface area (Å²) in [6.07, 6.45) is 2.52. The van der Waals surface area contributed by atoms with E-state index in [2.05, 4.69) is 73.6 Å². The molecule has 0 aliphatic heterocycles. The fourth-order valence-electron chi connectivity index (χ4n) is 3.43. The Balaban J connectivity index is 1.88. The third-order valence-electron chi connectivity index (χ3n) is 4.46. The molecule has 0 unspecified atom stereocenters. The van der Waals surface area contributed by atoms with Gasteiger partial charge in [0.1, 0.15) is 0 Å². The molecule has 0 aromatic heterocycles. The Hall–Kier alpha value is -1.60. The van der Waals surface area contributed by atoms with Crippen LogP contribution in [-0.4, -0.2) is 25.5 Å². The largest absolute Gasteiger partial charge is 0.309 e. The molecule has 0 saturated heterocycles. The summed E-state index contributed by atoms with van der Waals surface area (Å²) in [6, 6.07) is 20.0. The van der Waals surface area contributed by atoms with Crippen LogP contribution in [0.25, 0.3) is 0 Å². The van der Waals surface area contributed by atoms with Gasteiger partial charge in [0.2, 0.25) is 0 Å². The van der Waals surface area contributed by atoms with Gasteiger partial charge in [0.25, 0.3) is 0 Å². The predicted molar refractivity (Wildman–Crippen MR) is 85.3 cm³/mol. The Morgan fingerprint density at radius 1 is 0.900 bits per heavy atom. The highest BCUT2D eigenvalue weighted by molar-refractivity contribution is 5.44. The van der Waals surface area contributed by atoms with Gasteiger partial charge in [0.05, 0.1) is 0 Å². The van der Waals surface area contributed by atoms with E-state index in [0.29, 0.717) is 11.8 Å². The maximum Gasteiger partial charge on any atom is 0.00979 e. The molecule has 1 aliphatic carbocycles. The fourth-order valence-corrected chi connectivity index (χ4v) is 3.43. The van der Waals surface area contributed by atoms with Crippen molar-refractivity contribution >= 4 is 0 Å². The Morgan fingerprint density at radius 2 is 1.55 bits per heavy atom. The maximum absolute atomic E-state index is 2.33. The standard InChI is InChI=1S/C19H23N/c1-20(2)13-12-16-14-19(15-8-4-3-5-9-15)18-11-7-6-10-17(16)18/h3-11,16,19H,12-14H2,1-2H3/t16-,19-/m0/s1. The van der Waals surface area contributed by atoms with Gasteiger partial charge in [-0.15, -0.1) is 0 Å². The van der Waals surface area contributed by atoms with Gasteiger partial charge in [-0.25, -0.2) is 0 Å². The van der Waals surface area contributed by atoms with E-state index in [4.69, 9.17) is 0 Å². The summed E-state index contributed by atoms with van der Waals surface area (Å²) in [5.41, 5.74) is 4.58. The lowest BCUT2D eigenvalue weighted by atomic mass is 9.92. The molecule has 0 N–H and O–H groups in total. The van der Waals surface area contributed by atoms with E-state index in [0.717, 1.165) is 0 Å². The summed E-state index contributed by atoms with van der Waals surface area (Å²) in [5.74, 6) is 1.29. The average molecular weight is 265 g/mol. The summed E-state index contributed by atoms with van der Waals surface area (Å²) in [5, 5.41) is 0. The Labute approximate surface area is 122 Å². The molecule has 0 spiro atoms. The van der Waals surface area contributed by atoms with Gasteiger partial charge >= 0.3 is 0 Å². The molecule has 3 rings (SSSR count). The van der Waals surface area contributed by atoms with Crippen LogP contribution in [0, 0.1) is 0 Å². The number of rotatable bonds is 4. The number of nitrogens with zero attached hydrogens (tertiary/aromatic N) is 1. The molecule has 1 nitrogen and oxygen atoms in total. The first-order chi connectivity index (χ1) is 9.75. The number of benzene rings is 2. The summed E-state index contributed by atoms with van der Waals surface area (Å²) in [7, 11) is 4.32. The molecule has 1 heteroatoms. The lowest BCUT2D eigenvalue weighted by molar-refractivity contribution is 0.378. The zero-order valence-electron chi connectivity index (χ0n) is 12.4. The molecule has 20 heavy (non-hydrogen) atoms. The van der Waals surface area contributed by atoms with Crippen LogP contribution in [0.15, 0.2) is 54.6 Å². The Morgan fingerprint density at radius 3 is 2.25 bits per heavy atom. The molecule has 1 aliphatic rings. The molecule has 0 bridgehead atoms. The summed E-state index contributed by atoms with van der Waals surface area (Å²) < 4.78 is 0. The molecule has 0 amide bonds. The van der Waals surface area contributed by atoms with Crippen LogP contribution in [0.5, 0.6) is 0 Å². The van der Waals surface area contributed by atoms with E-state index in [1.54, 1.807) is 11.1 Å². The lowest BCUT2D eigenvalue weighted by Crippen LogP contribution is -2.15. The molecule has 2 aromatic carbocycles. The van der Waals surface area contributed by atoms with Crippen molar-refractivity contribution in [2.45, 2.75) is 24.7 Å². The molecule has 0 heterocycles. The second-order valence-electron chi connectivity index (χ2n) is 6.12. The molecule has 0 fully saturated rings. The molecular weight excluding hydrogens is 242 g/mol. The van der Waals surface area contributed by atoms with Crippen LogP contribution in [0.2, 0.25) is 0 Å². The Bertz CT molecular complexity index is 559. The minimum atomic E-state index is 0.583. The van der Waals surface area contributed by atoms with Crippen molar-refractivity contribution in [3.8, 4) is 0 Å². The van der Waals surface area contributed by atoms with E-state index < -0.39 is 0 Å². The minimum absolute atomic E-state index is 0.583. The quantitative estimate of drug-likeness (QED) is 0.798. The highest BCUT2D eigenvalue weighted by atomic mass is 15.0. The molecule has 0 saturated carbocycles. The van der Waals surface area contributed by atoms with Gasteiger partial charge in [-0.1, -0.05) is 54.6 Å². The second kappa shape index (κ2) is 5.80. The zero-order valence-corrected chi connectivity index (χ0v) is 12.4. The maximum atomic E-state index is 2.33. The molecule has 104 valence electrons. The second-order valence-corrected chi connectivity index (χ2v) is 6.12. The third-order valence-corrected chi connectivity index (χ3v) is 4.46. The highest BCUT2D eigenvalue weighted by Crippen LogP contribution is 2.46. The average Bonchev–Trinajstić information content (AvgIpc) is 2.85. The summed E-state index contributed by atoms with van der Waals surface area (Å²) >= 11 is 0. The van der Waals surface area contributed by atoms with Gasteiger partial charge in [-0.3, -0.25) is 0 Å². The minimum Gasteiger partial charge on any atom is -0.309 e. The SMILES string of the molecule is CN(C)CC[C@H]1C[C@@H](c2ccccc2)c2ccccc21. The van der Waals surface area contributed by atoms with Crippen LogP contribution in [-0.2, 0) is 0 Å². The smallest absolute Gasteiger partial charge is 0.00979 e. The van der Waals surface area contributed by atoms with E-state index in [1.165, 1.54) is 24.9 Å². The highest BCUT2D eigenvalue weighted by Gasteiger charge is 2.31. The van der Waals surface area contributed by atoms with Gasteiger partial charge in [-0.05, 0) is 56.1 Å². The number of hydrogen-bond acceptors (Lipinski definition) is 1. The zero-order chi connectivity index (χ0) is 13.9. The summed E-state index contributed by atoms with van der Waals surface area (Å²) in [6.45, 7) is 1.17. The molecule has 0 radical (unpaired) electrons. The molecule has 2 atom stereocenters. The Kier molecular flexibility index (Phi) is 3.88. The van der Waals surface area contributed by atoms with Crippen molar-refractivity contribution in [1.82, 2.24) is 4.90 Å². The van der Waals surface area contributed by atoms with Crippen LogP contribution in [0.4, 0.5) is 0 Å². The van der Waals surface area contributed by atoms with Gasteiger partial charge in [0.15, 0.2) is 0 Å². The van der Waals surface area contributed by atoms with Crippen LogP contribution in [0.1, 0.15) is 41.4 Å². The number of hydrogen-bond donors (Lipinski definition) is 0. The predicted octanol–water partition coefficient (Wildman–Crippen LogP) is 4.26. The van der Waals surface area contributed by atoms with E-state index in [9.17, 15) is 0 Å². The van der Waals surface area contributed by atoms with Crippen molar-refractivity contribution < 1.29 is 0 Å². The fraction of sp³-hybridized carbons (Fsp3) is 0.368. The van der Waals surface area contributed by atoms with Crippen molar-refractivity contribution in [3.63, 3.8) is 0 Å². The van der Waals surface area contributed by atoms with Gasteiger partial charge < -0.3 is 4.90 Å². The van der Waals surface area contributed by atoms with E-state index >= 15 is 0 Å². The van der Waals surface area contributed by atoms with Crippen molar-refractivity contribution in [3.05, 3.63) is 71.3 Å². The van der Waals surface area contributed by atoms with Crippen molar-refractivity contribution in [1.29, 1.82) is 0 Å². The van der Waals surface area contributed by atoms with Crippen LogP contribution in [0.3, 0.4) is 0 Å². The normalized spacial score (nSPS) is 21.1. The first-order valence-corrected chi connectivity index (χ1v) is 7.54. The van der Waals surface area contributed by atoms with Crippen LogP contribution < -0.4 is 0 Å². The van der Waals surface area contributed by atoms with Crippen LogP contribution >= 0.6 is 0 Å². The summed E-state index contributed by atoms with van der Waals surface area (Å²) in [4.78, 5) is 2.29. The first kappa shape index (κ1) is 13.4. The number of fused-ring (bicyclic) bond motifs is 1. The van der Waals surface area contributed by atoms with Gasteiger partial charge in [-0.2, -0.15) is 0 Å². The van der Waals surface area contributed by atoms with Crippen molar-refractivity contribution in [2.75, 3.05) is 20.6 Å². The van der Waals surface area contributed by atoms with E-state index in [-0.39, 0.29) is 0 Å². The monoisotopic (exact) mass is 265 g/mol.